The third-order valence-electron chi connectivity index (χ3n) is 4.71. The Bertz CT molecular complexity index is 1420. The molecule has 3 aromatic heterocycles. The van der Waals surface area contributed by atoms with Gasteiger partial charge in [0.2, 0.25) is 11.9 Å². The van der Waals surface area contributed by atoms with Crippen molar-refractivity contribution in [3.05, 3.63) is 63.2 Å². The summed E-state index contributed by atoms with van der Waals surface area (Å²) in [5.41, 5.74) is 3.72. The van der Waals surface area contributed by atoms with Crippen LogP contribution in [0.25, 0.3) is 22.1 Å². The highest BCUT2D eigenvalue weighted by Gasteiger charge is 2.11. The van der Waals surface area contributed by atoms with Gasteiger partial charge in [-0.25, -0.2) is 9.59 Å². The van der Waals surface area contributed by atoms with Gasteiger partial charge in [0.1, 0.15) is 5.82 Å². The lowest BCUT2D eigenvalue weighted by Gasteiger charge is -2.12. The summed E-state index contributed by atoms with van der Waals surface area (Å²) in [5, 5.41) is 6.34. The normalized spacial score (nSPS) is 11.5. The summed E-state index contributed by atoms with van der Waals surface area (Å²) < 4.78 is 0. The first-order chi connectivity index (χ1) is 14.9. The van der Waals surface area contributed by atoms with E-state index < -0.39 is 0 Å². The average molecular weight is 417 g/mol. The molecule has 2 aromatic carbocycles. The topological polar surface area (TPSA) is 160 Å². The molecule has 0 unspecified atom stereocenters. The van der Waals surface area contributed by atoms with Gasteiger partial charge in [0.15, 0.2) is 0 Å². The van der Waals surface area contributed by atoms with Crippen molar-refractivity contribution in [3.8, 4) is 0 Å². The molecule has 0 amide bonds. The van der Waals surface area contributed by atoms with Crippen molar-refractivity contribution in [3.63, 3.8) is 0 Å². The van der Waals surface area contributed by atoms with Crippen molar-refractivity contribution >= 4 is 45.3 Å². The molecule has 0 aliphatic heterocycles. The Morgan fingerprint density at radius 2 is 1.13 bits per heavy atom. The smallest absolute Gasteiger partial charge is 0.323 e. The highest BCUT2D eigenvalue weighted by Crippen LogP contribution is 2.22. The van der Waals surface area contributed by atoms with Crippen LogP contribution in [0, 0.1) is 0 Å². The van der Waals surface area contributed by atoms with E-state index >= 15 is 0 Å². The summed E-state index contributed by atoms with van der Waals surface area (Å²) in [6, 6.07) is 10.9. The van der Waals surface area contributed by atoms with Gasteiger partial charge >= 0.3 is 11.4 Å². The molecule has 0 atom stereocenters. The number of imidazole rings is 2. The van der Waals surface area contributed by atoms with Crippen molar-refractivity contribution in [2.24, 2.45) is 0 Å². The molecule has 6 N–H and O–H groups in total. The van der Waals surface area contributed by atoms with Crippen LogP contribution in [0.1, 0.15) is 25.6 Å². The monoisotopic (exact) mass is 417 g/mol. The van der Waals surface area contributed by atoms with Crippen molar-refractivity contribution < 1.29 is 0 Å². The predicted octanol–water partition coefficient (Wildman–Crippen LogP) is 2.82. The Balaban J connectivity index is 1.48. The first-order valence-electron chi connectivity index (χ1n) is 9.67. The number of aromatic nitrogens is 7. The Hall–Kier alpha value is -4.41. The van der Waals surface area contributed by atoms with Crippen LogP contribution >= 0.6 is 0 Å². The number of benzene rings is 2. The number of fused-ring (bicyclic) bond motifs is 2. The molecule has 0 fully saturated rings. The Labute approximate surface area is 174 Å². The zero-order valence-corrected chi connectivity index (χ0v) is 16.7. The highest BCUT2D eigenvalue weighted by atomic mass is 16.1. The van der Waals surface area contributed by atoms with Gasteiger partial charge in [0.25, 0.3) is 0 Å². The quantitative estimate of drug-likeness (QED) is 0.256. The standard InChI is InChI=1S/C20H19N9O2/c1-9(2)16-27-17(21-10-3-5-12-14(7-10)25-19(30)23-12)29-18(28-16)22-11-4-6-13-15(8-11)26-20(31)24-13/h3-9H,1-2H3,(H2,23,25,30)(H2,24,26,31)(H2,21,22,27,28,29). The molecule has 11 nitrogen and oxygen atoms in total. The second kappa shape index (κ2) is 7.13. The summed E-state index contributed by atoms with van der Waals surface area (Å²) in [5.74, 6) is 1.44. The van der Waals surface area contributed by atoms with E-state index in [1.54, 1.807) is 24.3 Å². The number of nitrogens with one attached hydrogen (secondary N) is 6. The fourth-order valence-electron chi connectivity index (χ4n) is 3.24. The molecule has 3 heterocycles. The van der Waals surface area contributed by atoms with Crippen LogP contribution in [0.3, 0.4) is 0 Å². The largest absolute Gasteiger partial charge is 0.324 e. The van der Waals surface area contributed by atoms with Crippen molar-refractivity contribution in [1.82, 2.24) is 34.9 Å². The van der Waals surface area contributed by atoms with Gasteiger partial charge in [0, 0.05) is 17.3 Å². The second-order valence-electron chi connectivity index (χ2n) is 7.42. The zero-order chi connectivity index (χ0) is 21.5. The fourth-order valence-corrected chi connectivity index (χ4v) is 3.24. The van der Waals surface area contributed by atoms with Gasteiger partial charge in [0.05, 0.1) is 22.1 Å². The molecule has 5 rings (SSSR count). The number of hydrogen-bond donors (Lipinski definition) is 6. The lowest BCUT2D eigenvalue weighted by atomic mass is 10.2. The van der Waals surface area contributed by atoms with E-state index in [1.807, 2.05) is 26.0 Å². The summed E-state index contributed by atoms with van der Waals surface area (Å²) in [6.45, 7) is 3.99. The molecule has 156 valence electrons. The first-order valence-corrected chi connectivity index (χ1v) is 9.67. The van der Waals surface area contributed by atoms with Crippen molar-refractivity contribution in [2.45, 2.75) is 19.8 Å². The van der Waals surface area contributed by atoms with Crippen LogP contribution in [-0.4, -0.2) is 34.9 Å². The lowest BCUT2D eigenvalue weighted by Crippen LogP contribution is -2.08. The summed E-state index contributed by atoms with van der Waals surface area (Å²) in [7, 11) is 0. The molecule has 0 aliphatic rings. The van der Waals surface area contributed by atoms with E-state index in [2.05, 4.69) is 45.5 Å². The molecule has 0 saturated heterocycles. The van der Waals surface area contributed by atoms with E-state index in [-0.39, 0.29) is 17.3 Å². The molecule has 31 heavy (non-hydrogen) atoms. The summed E-state index contributed by atoms with van der Waals surface area (Å²) >= 11 is 0. The number of nitrogens with zero attached hydrogens (tertiary/aromatic N) is 3. The Morgan fingerprint density at radius 3 is 1.58 bits per heavy atom. The lowest BCUT2D eigenvalue weighted by molar-refractivity contribution is 0.766. The maximum Gasteiger partial charge on any atom is 0.323 e. The molecule has 11 heteroatoms. The summed E-state index contributed by atoms with van der Waals surface area (Å²) in [4.78, 5) is 47.3. The van der Waals surface area contributed by atoms with Crippen LogP contribution in [0.15, 0.2) is 46.0 Å². The third-order valence-corrected chi connectivity index (χ3v) is 4.71. The molecule has 0 aliphatic carbocycles. The molecule has 0 saturated carbocycles. The van der Waals surface area contributed by atoms with Gasteiger partial charge in [-0.15, -0.1) is 0 Å². The van der Waals surface area contributed by atoms with Gasteiger partial charge in [-0.05, 0) is 36.4 Å². The fraction of sp³-hybridized carbons (Fsp3) is 0.150. The summed E-state index contributed by atoms with van der Waals surface area (Å²) in [6.07, 6.45) is 0. The molecule has 0 spiro atoms. The minimum absolute atomic E-state index is 0.0797. The van der Waals surface area contributed by atoms with E-state index in [9.17, 15) is 9.59 Å². The van der Waals surface area contributed by atoms with Crippen LogP contribution in [0.4, 0.5) is 23.3 Å². The predicted molar refractivity (Wildman–Crippen MR) is 118 cm³/mol. The number of anilines is 4. The minimum Gasteiger partial charge on any atom is -0.324 e. The van der Waals surface area contributed by atoms with Gasteiger partial charge in [-0.1, -0.05) is 13.8 Å². The van der Waals surface area contributed by atoms with Crippen molar-refractivity contribution in [2.75, 3.05) is 10.6 Å². The molecule has 0 radical (unpaired) electrons. The minimum atomic E-state index is -0.262. The maximum atomic E-state index is 11.5. The van der Waals surface area contributed by atoms with Crippen LogP contribution < -0.4 is 22.0 Å². The second-order valence-corrected chi connectivity index (χ2v) is 7.42. The van der Waals surface area contributed by atoms with Crippen LogP contribution in [-0.2, 0) is 0 Å². The van der Waals surface area contributed by atoms with Gasteiger partial charge in [-0.2, -0.15) is 15.0 Å². The Kier molecular flexibility index (Phi) is 4.28. The molecule has 5 aromatic rings. The highest BCUT2D eigenvalue weighted by molar-refractivity contribution is 5.80. The van der Waals surface area contributed by atoms with E-state index in [1.165, 1.54) is 0 Å². The van der Waals surface area contributed by atoms with Crippen molar-refractivity contribution in [1.29, 1.82) is 0 Å². The number of aromatic amines is 4. The first kappa shape index (κ1) is 18.6. The molecule has 0 bridgehead atoms. The van der Waals surface area contributed by atoms with Gasteiger partial charge in [-0.3, -0.25) is 0 Å². The molecular weight excluding hydrogens is 398 g/mol. The molecular formula is C20H19N9O2. The van der Waals surface area contributed by atoms with E-state index in [4.69, 9.17) is 0 Å². The van der Waals surface area contributed by atoms with Crippen LogP contribution in [0.2, 0.25) is 0 Å². The maximum absolute atomic E-state index is 11.5. The van der Waals surface area contributed by atoms with E-state index in [0.717, 1.165) is 22.4 Å². The third kappa shape index (κ3) is 3.75. The van der Waals surface area contributed by atoms with E-state index in [0.29, 0.717) is 28.8 Å². The number of rotatable bonds is 5. The SMILES string of the molecule is CC(C)c1nc(Nc2ccc3[nH]c(=O)[nH]c3c2)nc(Nc2ccc3[nH]c(=O)[nH]c3c2)n1. The van der Waals surface area contributed by atoms with Gasteiger partial charge < -0.3 is 30.6 Å². The Morgan fingerprint density at radius 1 is 0.677 bits per heavy atom. The average Bonchev–Trinajstić information content (AvgIpc) is 3.27. The zero-order valence-electron chi connectivity index (χ0n) is 16.7. The van der Waals surface area contributed by atoms with Crippen LogP contribution in [0.5, 0.6) is 0 Å². The number of H-pyrrole nitrogens is 4. The number of hydrogen-bond acceptors (Lipinski definition) is 7.